The first-order valence-electron chi connectivity index (χ1n) is 4.41. The Kier molecular flexibility index (Phi) is 3.64. The number of aldehydes is 1. The SMILES string of the molecule is Cc1ccc(C#CCC=O)cc1C(=O)O. The van der Waals surface area contributed by atoms with Crippen LogP contribution < -0.4 is 0 Å². The zero-order chi connectivity index (χ0) is 11.3. The fraction of sp³-hybridized carbons (Fsp3) is 0.167. The predicted octanol–water partition coefficient (Wildman–Crippen LogP) is 1.63. The predicted molar refractivity (Wildman–Crippen MR) is 55.7 cm³/mol. The van der Waals surface area contributed by atoms with E-state index < -0.39 is 5.97 Å². The summed E-state index contributed by atoms with van der Waals surface area (Å²) < 4.78 is 0. The van der Waals surface area contributed by atoms with Crippen LogP contribution in [-0.2, 0) is 4.79 Å². The molecule has 0 saturated heterocycles. The van der Waals surface area contributed by atoms with Crippen molar-refractivity contribution >= 4 is 12.3 Å². The third kappa shape index (κ3) is 2.96. The zero-order valence-electron chi connectivity index (χ0n) is 8.28. The molecule has 0 aliphatic rings. The minimum atomic E-state index is -0.966. The number of aryl methyl sites for hydroxylation is 1. The second-order valence-electron chi connectivity index (χ2n) is 3.01. The highest BCUT2D eigenvalue weighted by Crippen LogP contribution is 2.10. The Morgan fingerprint density at radius 3 is 2.87 bits per heavy atom. The molecule has 1 N–H and O–H groups in total. The van der Waals surface area contributed by atoms with Crippen molar-refractivity contribution in [3.63, 3.8) is 0 Å². The molecule has 0 aliphatic heterocycles. The molecule has 0 radical (unpaired) electrons. The van der Waals surface area contributed by atoms with E-state index in [4.69, 9.17) is 5.11 Å². The lowest BCUT2D eigenvalue weighted by atomic mass is 10.1. The Bertz CT molecular complexity index is 450. The molecule has 0 amide bonds. The highest BCUT2D eigenvalue weighted by molar-refractivity contribution is 5.89. The molecule has 0 fully saturated rings. The fourth-order valence-electron chi connectivity index (χ4n) is 1.12. The molecule has 1 rings (SSSR count). The molecule has 76 valence electrons. The van der Waals surface area contributed by atoms with Gasteiger partial charge < -0.3 is 9.90 Å². The Morgan fingerprint density at radius 1 is 1.53 bits per heavy atom. The van der Waals surface area contributed by atoms with Crippen LogP contribution in [-0.4, -0.2) is 17.4 Å². The minimum Gasteiger partial charge on any atom is -0.478 e. The number of aromatic carboxylic acids is 1. The number of carboxylic acid groups (broad SMARTS) is 1. The summed E-state index contributed by atoms with van der Waals surface area (Å²) in [6.45, 7) is 1.73. The highest BCUT2D eigenvalue weighted by atomic mass is 16.4. The van der Waals surface area contributed by atoms with Gasteiger partial charge in [0.25, 0.3) is 0 Å². The van der Waals surface area contributed by atoms with Gasteiger partial charge in [-0.15, -0.1) is 0 Å². The molecule has 0 heterocycles. The van der Waals surface area contributed by atoms with Crippen LogP contribution in [0, 0.1) is 18.8 Å². The summed E-state index contributed by atoms with van der Waals surface area (Å²) in [7, 11) is 0. The Labute approximate surface area is 87.7 Å². The average Bonchev–Trinajstić information content (AvgIpc) is 2.20. The molecular formula is C12H10O3. The van der Waals surface area contributed by atoms with Crippen molar-refractivity contribution in [3.05, 3.63) is 34.9 Å². The lowest BCUT2D eigenvalue weighted by Crippen LogP contribution is -1.99. The van der Waals surface area contributed by atoms with Crippen LogP contribution in [0.2, 0.25) is 0 Å². The van der Waals surface area contributed by atoms with Crippen molar-refractivity contribution < 1.29 is 14.7 Å². The topological polar surface area (TPSA) is 54.4 Å². The Hall–Kier alpha value is -2.08. The molecule has 0 bridgehead atoms. The smallest absolute Gasteiger partial charge is 0.335 e. The van der Waals surface area contributed by atoms with Crippen molar-refractivity contribution in [1.29, 1.82) is 0 Å². The van der Waals surface area contributed by atoms with E-state index in [1.165, 1.54) is 6.07 Å². The lowest BCUT2D eigenvalue weighted by Gasteiger charge is -2.00. The molecule has 0 aromatic heterocycles. The van der Waals surface area contributed by atoms with Crippen molar-refractivity contribution in [2.24, 2.45) is 0 Å². The van der Waals surface area contributed by atoms with Gasteiger partial charge in [-0.2, -0.15) is 0 Å². The summed E-state index contributed by atoms with van der Waals surface area (Å²) in [4.78, 5) is 20.8. The van der Waals surface area contributed by atoms with Crippen LogP contribution >= 0.6 is 0 Å². The van der Waals surface area contributed by atoms with Gasteiger partial charge >= 0.3 is 5.97 Å². The van der Waals surface area contributed by atoms with E-state index in [0.29, 0.717) is 17.4 Å². The zero-order valence-corrected chi connectivity index (χ0v) is 8.28. The van der Waals surface area contributed by atoms with Crippen molar-refractivity contribution in [1.82, 2.24) is 0 Å². The molecule has 3 nitrogen and oxygen atoms in total. The van der Waals surface area contributed by atoms with Crippen LogP contribution in [0.5, 0.6) is 0 Å². The van der Waals surface area contributed by atoms with E-state index in [1.807, 2.05) is 0 Å². The van der Waals surface area contributed by atoms with E-state index in [1.54, 1.807) is 19.1 Å². The van der Waals surface area contributed by atoms with Crippen LogP contribution in [0.25, 0.3) is 0 Å². The molecule has 1 aromatic rings. The first-order chi connectivity index (χ1) is 7.15. The van der Waals surface area contributed by atoms with Crippen molar-refractivity contribution in [2.75, 3.05) is 0 Å². The maximum absolute atomic E-state index is 10.8. The number of carbonyl (C=O) groups excluding carboxylic acids is 1. The monoisotopic (exact) mass is 202 g/mol. The largest absolute Gasteiger partial charge is 0.478 e. The molecule has 0 unspecified atom stereocenters. The minimum absolute atomic E-state index is 0.163. The van der Waals surface area contributed by atoms with E-state index in [2.05, 4.69) is 11.8 Å². The molecule has 3 heteroatoms. The third-order valence-electron chi connectivity index (χ3n) is 1.89. The number of benzene rings is 1. The van der Waals surface area contributed by atoms with E-state index in [9.17, 15) is 9.59 Å². The van der Waals surface area contributed by atoms with Gasteiger partial charge in [-0.3, -0.25) is 0 Å². The van der Waals surface area contributed by atoms with Crippen molar-refractivity contribution in [3.8, 4) is 11.8 Å². The molecule has 0 saturated carbocycles. The van der Waals surface area contributed by atoms with Gasteiger partial charge in [0.05, 0.1) is 12.0 Å². The highest BCUT2D eigenvalue weighted by Gasteiger charge is 2.06. The van der Waals surface area contributed by atoms with E-state index in [0.717, 1.165) is 0 Å². The summed E-state index contributed by atoms with van der Waals surface area (Å²) in [5.74, 6) is 4.38. The van der Waals surface area contributed by atoms with Gasteiger partial charge in [0, 0.05) is 5.56 Å². The summed E-state index contributed by atoms with van der Waals surface area (Å²) in [6.07, 6.45) is 0.871. The second kappa shape index (κ2) is 4.97. The van der Waals surface area contributed by atoms with Crippen molar-refractivity contribution in [2.45, 2.75) is 13.3 Å². The molecule has 0 atom stereocenters. The normalized spacial score (nSPS) is 8.87. The van der Waals surface area contributed by atoms with Gasteiger partial charge in [-0.05, 0) is 24.6 Å². The van der Waals surface area contributed by atoms with Gasteiger partial charge in [-0.25, -0.2) is 4.79 Å². The average molecular weight is 202 g/mol. The number of hydrogen-bond donors (Lipinski definition) is 1. The summed E-state index contributed by atoms with van der Waals surface area (Å²) in [5.41, 5.74) is 1.55. The molecule has 0 aliphatic carbocycles. The first kappa shape index (κ1) is 11.0. The van der Waals surface area contributed by atoms with Crippen LogP contribution in [0.4, 0.5) is 0 Å². The standard InChI is InChI=1S/C12H10O3/c1-9-5-6-10(4-2-3-7-13)8-11(9)12(14)15/h5-8H,3H2,1H3,(H,14,15). The molecule has 0 spiro atoms. The molecule has 15 heavy (non-hydrogen) atoms. The van der Waals surface area contributed by atoms with Crippen LogP contribution in [0.3, 0.4) is 0 Å². The maximum atomic E-state index is 10.8. The number of carbonyl (C=O) groups is 2. The van der Waals surface area contributed by atoms with E-state index in [-0.39, 0.29) is 12.0 Å². The number of hydrogen-bond acceptors (Lipinski definition) is 2. The quantitative estimate of drug-likeness (QED) is 0.585. The Balaban J connectivity index is 3.04. The van der Waals surface area contributed by atoms with Gasteiger partial charge in [0.15, 0.2) is 0 Å². The summed E-state index contributed by atoms with van der Waals surface area (Å²) >= 11 is 0. The lowest BCUT2D eigenvalue weighted by molar-refractivity contribution is -0.107. The summed E-state index contributed by atoms with van der Waals surface area (Å²) in [6, 6.07) is 4.95. The van der Waals surface area contributed by atoms with Gasteiger partial charge in [0.1, 0.15) is 6.29 Å². The van der Waals surface area contributed by atoms with Gasteiger partial charge in [0.2, 0.25) is 0 Å². The molecule has 1 aromatic carbocycles. The first-order valence-corrected chi connectivity index (χ1v) is 4.41. The maximum Gasteiger partial charge on any atom is 0.335 e. The fourth-order valence-corrected chi connectivity index (χ4v) is 1.12. The summed E-state index contributed by atoms with van der Waals surface area (Å²) in [5, 5.41) is 8.86. The number of carboxylic acids is 1. The third-order valence-corrected chi connectivity index (χ3v) is 1.89. The van der Waals surface area contributed by atoms with Gasteiger partial charge in [-0.1, -0.05) is 17.9 Å². The number of rotatable bonds is 2. The second-order valence-corrected chi connectivity index (χ2v) is 3.01. The Morgan fingerprint density at radius 2 is 2.27 bits per heavy atom. The van der Waals surface area contributed by atoms with Crippen LogP contribution in [0.15, 0.2) is 18.2 Å². The van der Waals surface area contributed by atoms with E-state index >= 15 is 0 Å². The van der Waals surface area contributed by atoms with Crippen LogP contribution in [0.1, 0.15) is 27.9 Å². The molecular weight excluding hydrogens is 192 g/mol.